The Hall–Kier alpha value is -2.47. The number of hydrogen-bond acceptors (Lipinski definition) is 4. The van der Waals surface area contributed by atoms with Gasteiger partial charge in [-0.25, -0.2) is 4.68 Å². The van der Waals surface area contributed by atoms with E-state index in [1.807, 2.05) is 44.3 Å². The van der Waals surface area contributed by atoms with Gasteiger partial charge in [-0.1, -0.05) is 30.3 Å². The number of hydrogen-bond donors (Lipinski definition) is 2. The molecule has 116 valence electrons. The lowest BCUT2D eigenvalue weighted by molar-refractivity contribution is -0.122. The highest BCUT2D eigenvalue weighted by molar-refractivity contribution is 5.75. The molecule has 0 radical (unpaired) electrons. The van der Waals surface area contributed by atoms with E-state index in [4.69, 9.17) is 0 Å². The number of likely N-dealkylation sites (N-methyl/N-ethyl adjacent to an activating group) is 1. The van der Waals surface area contributed by atoms with Gasteiger partial charge in [-0.3, -0.25) is 9.59 Å². The van der Waals surface area contributed by atoms with E-state index >= 15 is 0 Å². The first-order chi connectivity index (χ1) is 10.6. The Morgan fingerprint density at radius 3 is 2.64 bits per heavy atom. The van der Waals surface area contributed by atoms with Crippen LogP contribution in [0.3, 0.4) is 0 Å². The average molecular weight is 300 g/mol. The molecule has 0 aliphatic rings. The molecule has 0 saturated heterocycles. The van der Waals surface area contributed by atoms with E-state index < -0.39 is 0 Å². The van der Waals surface area contributed by atoms with Crippen LogP contribution in [0, 0.1) is 0 Å². The zero-order chi connectivity index (χ0) is 15.9. The van der Waals surface area contributed by atoms with E-state index in [1.54, 1.807) is 6.07 Å². The molecule has 1 heterocycles. The third-order valence-electron chi connectivity index (χ3n) is 3.33. The number of carbonyl (C=O) groups excluding carboxylic acids is 1. The Bertz CT molecular complexity index is 682. The van der Waals surface area contributed by atoms with E-state index in [0.29, 0.717) is 12.2 Å². The molecule has 0 spiro atoms. The van der Waals surface area contributed by atoms with Gasteiger partial charge in [-0.15, -0.1) is 0 Å². The molecule has 2 rings (SSSR count). The molecular formula is C16H20N4O2. The number of amides is 1. The minimum Gasteiger partial charge on any atom is -0.353 e. The molecule has 0 fully saturated rings. The van der Waals surface area contributed by atoms with Gasteiger partial charge < -0.3 is 10.6 Å². The van der Waals surface area contributed by atoms with Crippen molar-refractivity contribution in [2.45, 2.75) is 19.5 Å². The largest absolute Gasteiger partial charge is 0.353 e. The fraction of sp³-hybridized carbons (Fsp3) is 0.312. The molecule has 1 aromatic heterocycles. The van der Waals surface area contributed by atoms with Crippen LogP contribution < -0.4 is 16.2 Å². The summed E-state index contributed by atoms with van der Waals surface area (Å²) in [7, 11) is 1.83. The highest BCUT2D eigenvalue weighted by atomic mass is 16.2. The summed E-state index contributed by atoms with van der Waals surface area (Å²) in [6.45, 7) is 2.37. The quantitative estimate of drug-likeness (QED) is 0.820. The van der Waals surface area contributed by atoms with Gasteiger partial charge in [-0.05, 0) is 20.0 Å². The molecule has 2 aromatic rings. The second-order valence-electron chi connectivity index (χ2n) is 5.07. The normalized spacial score (nSPS) is 11.9. The summed E-state index contributed by atoms with van der Waals surface area (Å²) >= 11 is 0. The van der Waals surface area contributed by atoms with Crippen LogP contribution in [0.1, 0.15) is 6.92 Å². The van der Waals surface area contributed by atoms with E-state index in [0.717, 1.165) is 5.56 Å². The Morgan fingerprint density at radius 2 is 1.95 bits per heavy atom. The van der Waals surface area contributed by atoms with Crippen LogP contribution in [-0.2, 0) is 11.3 Å². The van der Waals surface area contributed by atoms with Gasteiger partial charge in [0.15, 0.2) is 0 Å². The van der Waals surface area contributed by atoms with Crippen LogP contribution in [0.25, 0.3) is 11.3 Å². The zero-order valence-corrected chi connectivity index (χ0v) is 12.7. The van der Waals surface area contributed by atoms with Gasteiger partial charge in [0.2, 0.25) is 5.91 Å². The van der Waals surface area contributed by atoms with Crippen molar-refractivity contribution in [2.75, 3.05) is 13.6 Å². The van der Waals surface area contributed by atoms with Crippen molar-refractivity contribution in [2.24, 2.45) is 0 Å². The van der Waals surface area contributed by atoms with Crippen molar-refractivity contribution in [3.63, 3.8) is 0 Å². The van der Waals surface area contributed by atoms with E-state index in [2.05, 4.69) is 15.7 Å². The summed E-state index contributed by atoms with van der Waals surface area (Å²) in [5, 5.41) is 10.1. The molecule has 0 aliphatic carbocycles. The summed E-state index contributed by atoms with van der Waals surface area (Å²) in [4.78, 5) is 23.7. The highest BCUT2D eigenvalue weighted by Crippen LogP contribution is 2.13. The van der Waals surface area contributed by atoms with E-state index in [-0.39, 0.29) is 24.1 Å². The highest BCUT2D eigenvalue weighted by Gasteiger charge is 2.08. The van der Waals surface area contributed by atoms with E-state index in [1.165, 1.54) is 10.7 Å². The fourth-order valence-electron chi connectivity index (χ4n) is 1.89. The number of nitrogens with zero attached hydrogens (tertiary/aromatic N) is 2. The molecule has 1 atom stereocenters. The summed E-state index contributed by atoms with van der Waals surface area (Å²) in [6.07, 6.45) is 0. The minimum atomic E-state index is -0.295. The van der Waals surface area contributed by atoms with Gasteiger partial charge in [0, 0.05) is 24.2 Å². The van der Waals surface area contributed by atoms with Gasteiger partial charge in [0.25, 0.3) is 5.56 Å². The lowest BCUT2D eigenvalue weighted by Gasteiger charge is -2.12. The first-order valence-corrected chi connectivity index (χ1v) is 7.17. The van der Waals surface area contributed by atoms with Crippen molar-refractivity contribution >= 4 is 5.91 Å². The van der Waals surface area contributed by atoms with E-state index in [9.17, 15) is 9.59 Å². The van der Waals surface area contributed by atoms with Gasteiger partial charge in [0.05, 0.1) is 5.69 Å². The van der Waals surface area contributed by atoms with Crippen LogP contribution in [0.4, 0.5) is 0 Å². The predicted molar refractivity (Wildman–Crippen MR) is 85.5 cm³/mol. The lowest BCUT2D eigenvalue weighted by Crippen LogP contribution is -2.40. The van der Waals surface area contributed by atoms with Crippen molar-refractivity contribution in [3.8, 4) is 11.3 Å². The van der Waals surface area contributed by atoms with Gasteiger partial charge in [-0.2, -0.15) is 5.10 Å². The van der Waals surface area contributed by atoms with Crippen molar-refractivity contribution < 1.29 is 4.79 Å². The standard InChI is InChI=1S/C16H20N4O2/c1-12(17-2)10-18-15(21)11-20-16(22)9-8-14(19-20)13-6-4-3-5-7-13/h3-9,12,17H,10-11H2,1-2H3,(H,18,21). The maximum atomic E-state index is 11.9. The average Bonchev–Trinajstić information content (AvgIpc) is 2.55. The van der Waals surface area contributed by atoms with Crippen LogP contribution in [0.5, 0.6) is 0 Å². The Balaban J connectivity index is 2.11. The van der Waals surface area contributed by atoms with Gasteiger partial charge >= 0.3 is 0 Å². The molecule has 0 saturated carbocycles. The molecule has 1 aromatic carbocycles. The molecule has 6 heteroatoms. The van der Waals surface area contributed by atoms with Crippen molar-refractivity contribution in [1.29, 1.82) is 0 Å². The number of rotatable bonds is 6. The number of aromatic nitrogens is 2. The maximum absolute atomic E-state index is 11.9. The number of carbonyl (C=O) groups is 1. The number of benzene rings is 1. The molecule has 0 aliphatic heterocycles. The summed E-state index contributed by atoms with van der Waals surface area (Å²) in [5.74, 6) is -0.234. The smallest absolute Gasteiger partial charge is 0.267 e. The maximum Gasteiger partial charge on any atom is 0.267 e. The zero-order valence-electron chi connectivity index (χ0n) is 12.7. The lowest BCUT2D eigenvalue weighted by atomic mass is 10.1. The molecule has 0 bridgehead atoms. The Kier molecular flexibility index (Phi) is 5.43. The monoisotopic (exact) mass is 300 g/mol. The van der Waals surface area contributed by atoms with Crippen LogP contribution in [-0.4, -0.2) is 35.3 Å². The molecule has 1 amide bonds. The molecule has 1 unspecified atom stereocenters. The van der Waals surface area contributed by atoms with Crippen molar-refractivity contribution in [3.05, 3.63) is 52.8 Å². The topological polar surface area (TPSA) is 76.0 Å². The fourth-order valence-corrected chi connectivity index (χ4v) is 1.89. The Labute approximate surface area is 129 Å². The first kappa shape index (κ1) is 15.9. The summed E-state index contributed by atoms with van der Waals surface area (Å²) in [5.41, 5.74) is 1.27. The van der Waals surface area contributed by atoms with Crippen molar-refractivity contribution in [1.82, 2.24) is 20.4 Å². The number of nitrogens with one attached hydrogen (secondary N) is 2. The third-order valence-corrected chi connectivity index (χ3v) is 3.33. The molecule has 22 heavy (non-hydrogen) atoms. The second kappa shape index (κ2) is 7.51. The minimum absolute atomic E-state index is 0.0874. The molecule has 6 nitrogen and oxygen atoms in total. The molecule has 2 N–H and O–H groups in total. The van der Waals surface area contributed by atoms with Crippen LogP contribution in [0.15, 0.2) is 47.3 Å². The third kappa shape index (κ3) is 4.26. The predicted octanol–water partition coefficient (Wildman–Crippen LogP) is 0.634. The summed E-state index contributed by atoms with van der Waals surface area (Å²) in [6, 6.07) is 12.8. The molecular weight excluding hydrogens is 280 g/mol. The first-order valence-electron chi connectivity index (χ1n) is 7.17. The Morgan fingerprint density at radius 1 is 1.23 bits per heavy atom. The van der Waals surface area contributed by atoms with Crippen LogP contribution in [0.2, 0.25) is 0 Å². The van der Waals surface area contributed by atoms with Crippen LogP contribution >= 0.6 is 0 Å². The SMILES string of the molecule is CNC(C)CNC(=O)Cn1nc(-c2ccccc2)ccc1=O. The van der Waals surface area contributed by atoms with Gasteiger partial charge in [0.1, 0.15) is 6.54 Å². The second-order valence-corrected chi connectivity index (χ2v) is 5.07. The summed E-state index contributed by atoms with van der Waals surface area (Å²) < 4.78 is 1.18.